The van der Waals surface area contributed by atoms with Crippen molar-refractivity contribution in [3.05, 3.63) is 42.0 Å². The van der Waals surface area contributed by atoms with Gasteiger partial charge in [-0.1, -0.05) is 32.0 Å². The van der Waals surface area contributed by atoms with Crippen molar-refractivity contribution in [2.45, 2.75) is 40.2 Å². The Morgan fingerprint density at radius 3 is 2.35 bits per heavy atom. The Labute approximate surface area is 136 Å². The Balaban J connectivity index is 2.22. The van der Waals surface area contributed by atoms with Gasteiger partial charge in [0.05, 0.1) is 5.92 Å². The van der Waals surface area contributed by atoms with Crippen LogP contribution in [0.3, 0.4) is 0 Å². The molecule has 0 amide bonds. The van der Waals surface area contributed by atoms with Crippen LogP contribution in [0.15, 0.2) is 36.4 Å². The van der Waals surface area contributed by atoms with Crippen molar-refractivity contribution in [2.24, 2.45) is 5.92 Å². The van der Waals surface area contributed by atoms with E-state index in [1.165, 1.54) is 6.92 Å². The topological polar surface area (TPSA) is 52.6 Å². The van der Waals surface area contributed by atoms with Gasteiger partial charge < -0.3 is 9.47 Å². The fourth-order valence-electron chi connectivity index (χ4n) is 2.26. The van der Waals surface area contributed by atoms with E-state index in [-0.39, 0.29) is 24.0 Å². The summed E-state index contributed by atoms with van der Waals surface area (Å²) in [6, 6.07) is 11.3. The van der Waals surface area contributed by atoms with Gasteiger partial charge in [0.2, 0.25) is 0 Å². The predicted octanol–water partition coefficient (Wildman–Crippen LogP) is 4.42. The van der Waals surface area contributed by atoms with E-state index in [0.717, 1.165) is 22.8 Å². The van der Waals surface area contributed by atoms with Gasteiger partial charge in [0.15, 0.2) is 0 Å². The van der Waals surface area contributed by atoms with Gasteiger partial charge in [-0.15, -0.1) is 0 Å². The molecule has 0 heterocycles. The minimum Gasteiger partial charge on any atom is -0.458 e. The number of hydrogen-bond acceptors (Lipinski definition) is 4. The number of carbonyl (C=O) groups excluding carboxylic acids is 2. The van der Waals surface area contributed by atoms with E-state index in [4.69, 9.17) is 9.47 Å². The normalized spacial score (nSPS) is 13.4. The molecule has 2 unspecified atom stereocenters. The summed E-state index contributed by atoms with van der Waals surface area (Å²) in [5.74, 6) is -0.0851. The van der Waals surface area contributed by atoms with Crippen LogP contribution in [0.1, 0.15) is 45.8 Å². The summed E-state index contributed by atoms with van der Waals surface area (Å²) in [6.07, 6.45) is 0.462. The standard InChI is InChI=1S/C19H22O4/c1-5-12(2)19(21)23-18-9-8-16-10-15(6-7-17(16)11-18)13(3)22-14(4)20/h6-13H,5H2,1-4H3. The van der Waals surface area contributed by atoms with Gasteiger partial charge in [0, 0.05) is 6.92 Å². The first-order valence-electron chi connectivity index (χ1n) is 7.83. The summed E-state index contributed by atoms with van der Waals surface area (Å²) in [7, 11) is 0. The van der Waals surface area contributed by atoms with Crippen LogP contribution in [0.25, 0.3) is 10.8 Å². The van der Waals surface area contributed by atoms with Crippen molar-refractivity contribution >= 4 is 22.7 Å². The van der Waals surface area contributed by atoms with Gasteiger partial charge in [-0.25, -0.2) is 0 Å². The molecule has 0 saturated carbocycles. The molecule has 4 heteroatoms. The van der Waals surface area contributed by atoms with Crippen LogP contribution in [0.5, 0.6) is 5.75 Å². The molecule has 0 spiro atoms. The van der Waals surface area contributed by atoms with E-state index < -0.39 is 0 Å². The number of esters is 2. The van der Waals surface area contributed by atoms with E-state index in [1.54, 1.807) is 6.07 Å². The van der Waals surface area contributed by atoms with Gasteiger partial charge in [-0.2, -0.15) is 0 Å². The summed E-state index contributed by atoms with van der Waals surface area (Å²) < 4.78 is 10.6. The van der Waals surface area contributed by atoms with Crippen molar-refractivity contribution < 1.29 is 19.1 Å². The van der Waals surface area contributed by atoms with E-state index >= 15 is 0 Å². The first-order valence-corrected chi connectivity index (χ1v) is 7.83. The number of benzene rings is 2. The van der Waals surface area contributed by atoms with E-state index in [2.05, 4.69) is 0 Å². The molecule has 0 saturated heterocycles. The molecule has 0 fully saturated rings. The molecule has 0 N–H and O–H groups in total. The molecular weight excluding hydrogens is 292 g/mol. The summed E-state index contributed by atoms with van der Waals surface area (Å²) >= 11 is 0. The summed E-state index contributed by atoms with van der Waals surface area (Å²) in [4.78, 5) is 22.9. The molecule has 0 radical (unpaired) electrons. The molecule has 2 aromatic rings. The number of fused-ring (bicyclic) bond motifs is 1. The molecule has 0 aliphatic carbocycles. The largest absolute Gasteiger partial charge is 0.458 e. The van der Waals surface area contributed by atoms with Crippen molar-refractivity contribution in [2.75, 3.05) is 0 Å². The van der Waals surface area contributed by atoms with Gasteiger partial charge in [-0.3, -0.25) is 9.59 Å². The maximum Gasteiger partial charge on any atom is 0.314 e. The maximum absolute atomic E-state index is 11.9. The highest BCUT2D eigenvalue weighted by atomic mass is 16.5. The Hall–Kier alpha value is -2.36. The van der Waals surface area contributed by atoms with Gasteiger partial charge >= 0.3 is 11.9 Å². The molecule has 23 heavy (non-hydrogen) atoms. The SMILES string of the molecule is CCC(C)C(=O)Oc1ccc2cc(C(C)OC(C)=O)ccc2c1. The maximum atomic E-state index is 11.9. The summed E-state index contributed by atoms with van der Waals surface area (Å²) in [6.45, 7) is 7.05. The zero-order valence-corrected chi connectivity index (χ0v) is 14.0. The summed E-state index contributed by atoms with van der Waals surface area (Å²) in [5, 5.41) is 1.98. The lowest BCUT2D eigenvalue weighted by atomic mass is 10.0. The zero-order chi connectivity index (χ0) is 17.0. The van der Waals surface area contributed by atoms with Crippen LogP contribution in [-0.4, -0.2) is 11.9 Å². The molecule has 122 valence electrons. The second kappa shape index (κ2) is 7.27. The molecule has 2 rings (SSSR count). The van der Waals surface area contributed by atoms with Crippen LogP contribution >= 0.6 is 0 Å². The van der Waals surface area contributed by atoms with Crippen molar-refractivity contribution in [3.8, 4) is 5.75 Å². The molecule has 4 nitrogen and oxygen atoms in total. The van der Waals surface area contributed by atoms with Crippen LogP contribution in [0, 0.1) is 5.92 Å². The minimum atomic E-state index is -0.301. The average Bonchev–Trinajstić information content (AvgIpc) is 2.52. The van der Waals surface area contributed by atoms with Gasteiger partial charge in [0.25, 0.3) is 0 Å². The van der Waals surface area contributed by atoms with E-state index in [0.29, 0.717) is 5.75 Å². The van der Waals surface area contributed by atoms with Crippen molar-refractivity contribution in [1.82, 2.24) is 0 Å². The lowest BCUT2D eigenvalue weighted by Crippen LogP contribution is -2.16. The highest BCUT2D eigenvalue weighted by Crippen LogP contribution is 2.26. The lowest BCUT2D eigenvalue weighted by Gasteiger charge is -2.13. The molecule has 0 aromatic heterocycles. The fourth-order valence-corrected chi connectivity index (χ4v) is 2.26. The predicted molar refractivity (Wildman–Crippen MR) is 89.2 cm³/mol. The molecule has 2 aromatic carbocycles. The Bertz CT molecular complexity index is 720. The summed E-state index contributed by atoms with van der Waals surface area (Å²) in [5.41, 5.74) is 0.928. The van der Waals surface area contributed by atoms with E-state index in [9.17, 15) is 9.59 Å². The Morgan fingerprint density at radius 2 is 1.70 bits per heavy atom. The quantitative estimate of drug-likeness (QED) is 0.605. The van der Waals surface area contributed by atoms with Crippen LogP contribution in [0.4, 0.5) is 0 Å². The molecule has 0 aliphatic heterocycles. The Morgan fingerprint density at radius 1 is 1.04 bits per heavy atom. The van der Waals surface area contributed by atoms with Crippen molar-refractivity contribution in [3.63, 3.8) is 0 Å². The van der Waals surface area contributed by atoms with Crippen LogP contribution in [0.2, 0.25) is 0 Å². The Kier molecular flexibility index (Phi) is 5.37. The molecule has 0 bridgehead atoms. The first-order chi connectivity index (χ1) is 10.9. The smallest absolute Gasteiger partial charge is 0.314 e. The zero-order valence-electron chi connectivity index (χ0n) is 14.0. The molecule has 2 atom stereocenters. The minimum absolute atomic E-state index is 0.113. The number of carbonyl (C=O) groups is 2. The highest BCUT2D eigenvalue weighted by Gasteiger charge is 2.14. The first kappa shape index (κ1) is 17.0. The van der Waals surface area contributed by atoms with Gasteiger partial charge in [0.1, 0.15) is 11.9 Å². The average molecular weight is 314 g/mol. The van der Waals surface area contributed by atoms with Crippen LogP contribution in [-0.2, 0) is 14.3 Å². The number of ether oxygens (including phenoxy) is 2. The van der Waals surface area contributed by atoms with Gasteiger partial charge in [-0.05, 0) is 47.9 Å². The second-order valence-electron chi connectivity index (χ2n) is 5.75. The molecular formula is C19H22O4. The second-order valence-corrected chi connectivity index (χ2v) is 5.75. The third kappa shape index (κ3) is 4.31. The lowest BCUT2D eigenvalue weighted by molar-refractivity contribution is -0.145. The van der Waals surface area contributed by atoms with Crippen molar-refractivity contribution in [1.29, 1.82) is 0 Å². The monoisotopic (exact) mass is 314 g/mol. The number of hydrogen-bond donors (Lipinski definition) is 0. The third-order valence-electron chi connectivity index (χ3n) is 3.88. The highest BCUT2D eigenvalue weighted by molar-refractivity contribution is 5.85. The third-order valence-corrected chi connectivity index (χ3v) is 3.88. The van der Waals surface area contributed by atoms with Crippen LogP contribution < -0.4 is 4.74 Å². The van der Waals surface area contributed by atoms with E-state index in [1.807, 2.05) is 51.1 Å². The fraction of sp³-hybridized carbons (Fsp3) is 0.368. The number of rotatable bonds is 5. The molecule has 0 aliphatic rings.